The largest absolute Gasteiger partial charge is 0.490 e. The number of nitrogens with zero attached hydrogens (tertiary/aromatic N) is 2. The van der Waals surface area contributed by atoms with E-state index in [9.17, 15) is 31.9 Å². The summed E-state index contributed by atoms with van der Waals surface area (Å²) in [4.78, 5) is 35.1. The van der Waals surface area contributed by atoms with E-state index >= 15 is 0 Å². The van der Waals surface area contributed by atoms with Gasteiger partial charge in [-0.25, -0.2) is 18.8 Å². The van der Waals surface area contributed by atoms with Crippen molar-refractivity contribution in [2.24, 2.45) is 0 Å². The zero-order chi connectivity index (χ0) is 25.2. The van der Waals surface area contributed by atoms with E-state index in [4.69, 9.17) is 9.47 Å². The van der Waals surface area contributed by atoms with E-state index in [1.807, 2.05) is 6.92 Å². The third-order valence-corrected chi connectivity index (χ3v) is 4.13. The van der Waals surface area contributed by atoms with Crippen LogP contribution in [0.2, 0.25) is 0 Å². The Morgan fingerprint density at radius 3 is 2.30 bits per heavy atom. The van der Waals surface area contributed by atoms with Crippen LogP contribution in [-0.2, 0) is 19.0 Å². The Kier molecular flexibility index (Phi) is 10.8. The first-order valence-electron chi connectivity index (χ1n) is 9.50. The van der Waals surface area contributed by atoms with Crippen LogP contribution in [0.4, 0.5) is 38.5 Å². The van der Waals surface area contributed by atoms with Crippen molar-refractivity contribution >= 4 is 47.2 Å². The number of hydrogen-bond donors (Lipinski definition) is 1. The number of amides is 2. The Hall–Kier alpha value is -3.16. The third kappa shape index (κ3) is 8.36. The SMILES string of the molecule is CC1CN(c2ccc(N3CCOC3=O)c(F)c2)C(=O)O1.CCNC=S.COC(=O)C(F)(F)F. The number of alkyl halides is 3. The quantitative estimate of drug-likeness (QED) is 0.293. The Morgan fingerprint density at radius 2 is 1.97 bits per heavy atom. The van der Waals surface area contributed by atoms with E-state index in [0.29, 0.717) is 25.9 Å². The van der Waals surface area contributed by atoms with E-state index in [1.165, 1.54) is 27.4 Å². The number of rotatable bonds is 4. The molecule has 33 heavy (non-hydrogen) atoms. The van der Waals surface area contributed by atoms with Gasteiger partial charge in [-0.15, -0.1) is 0 Å². The molecule has 0 aromatic heterocycles. The average Bonchev–Trinajstić information content (AvgIpc) is 3.32. The van der Waals surface area contributed by atoms with Gasteiger partial charge in [0, 0.05) is 6.54 Å². The smallest absolute Gasteiger partial charge is 0.462 e. The molecule has 184 valence electrons. The third-order valence-electron chi connectivity index (χ3n) is 3.96. The fourth-order valence-corrected chi connectivity index (χ4v) is 2.68. The van der Waals surface area contributed by atoms with Crippen molar-refractivity contribution < 1.29 is 46.2 Å². The van der Waals surface area contributed by atoms with Gasteiger partial charge < -0.3 is 19.5 Å². The normalized spacial score (nSPS) is 17.1. The maximum Gasteiger partial charge on any atom is 0.490 e. The van der Waals surface area contributed by atoms with Gasteiger partial charge in [-0.2, -0.15) is 13.2 Å². The van der Waals surface area contributed by atoms with Crippen molar-refractivity contribution in [3.05, 3.63) is 24.0 Å². The van der Waals surface area contributed by atoms with E-state index < -0.39 is 30.1 Å². The van der Waals surface area contributed by atoms with Crippen LogP contribution < -0.4 is 15.1 Å². The average molecular weight is 497 g/mol. The molecule has 2 heterocycles. The first-order valence-corrected chi connectivity index (χ1v) is 9.97. The molecule has 1 aromatic rings. The molecule has 0 radical (unpaired) electrons. The van der Waals surface area contributed by atoms with Crippen molar-refractivity contribution in [3.63, 3.8) is 0 Å². The van der Waals surface area contributed by atoms with E-state index in [-0.39, 0.29) is 18.4 Å². The molecule has 0 bridgehead atoms. The highest BCUT2D eigenvalue weighted by Gasteiger charge is 2.40. The monoisotopic (exact) mass is 497 g/mol. The Labute approximate surface area is 192 Å². The standard InChI is InChI=1S/C13H13FN2O4.C3H3F3O2.C3H7NS/c1-8-7-16(13(18)20-8)9-2-3-11(10(14)6-9)15-4-5-19-12(15)17;1-8-2(7)3(4,5)6;1-2-4-3-5/h2-3,6,8H,4-5,7H2,1H3;1H3;3H,2H2,1H3,(H,4,5). The summed E-state index contributed by atoms with van der Waals surface area (Å²) in [5.74, 6) is -2.74. The van der Waals surface area contributed by atoms with Gasteiger partial charge in [0.1, 0.15) is 18.5 Å². The molecule has 9 nitrogen and oxygen atoms in total. The maximum absolute atomic E-state index is 14.1. The molecule has 3 rings (SSSR count). The van der Waals surface area contributed by atoms with Crippen LogP contribution in [0.25, 0.3) is 0 Å². The number of hydrogen-bond acceptors (Lipinski definition) is 7. The number of halogens is 4. The fraction of sp³-hybridized carbons (Fsp3) is 0.474. The van der Waals surface area contributed by atoms with Crippen molar-refractivity contribution in [1.82, 2.24) is 5.32 Å². The van der Waals surface area contributed by atoms with Crippen LogP contribution in [0, 0.1) is 5.82 Å². The summed E-state index contributed by atoms with van der Waals surface area (Å²) in [6.45, 7) is 5.65. The summed E-state index contributed by atoms with van der Waals surface area (Å²) in [7, 11) is 0.676. The lowest BCUT2D eigenvalue weighted by molar-refractivity contribution is -0.196. The minimum Gasteiger partial charge on any atom is -0.462 e. The van der Waals surface area contributed by atoms with Gasteiger partial charge in [-0.05, 0) is 32.0 Å². The van der Waals surface area contributed by atoms with E-state index in [0.717, 1.165) is 6.54 Å². The van der Waals surface area contributed by atoms with Gasteiger partial charge in [0.25, 0.3) is 0 Å². The van der Waals surface area contributed by atoms with Gasteiger partial charge in [-0.3, -0.25) is 9.80 Å². The van der Waals surface area contributed by atoms with Gasteiger partial charge in [0.15, 0.2) is 0 Å². The second-order valence-electron chi connectivity index (χ2n) is 6.37. The van der Waals surface area contributed by atoms with Crippen LogP contribution in [-0.4, -0.2) is 69.3 Å². The summed E-state index contributed by atoms with van der Waals surface area (Å²) in [6, 6.07) is 4.27. The van der Waals surface area contributed by atoms with Gasteiger partial charge >= 0.3 is 24.3 Å². The predicted molar refractivity (Wildman–Crippen MR) is 114 cm³/mol. The number of esters is 1. The first kappa shape index (κ1) is 27.9. The lowest BCUT2D eigenvalue weighted by Gasteiger charge is -2.17. The molecular weight excluding hydrogens is 474 g/mol. The summed E-state index contributed by atoms with van der Waals surface area (Å²) in [5.41, 5.74) is 2.07. The summed E-state index contributed by atoms with van der Waals surface area (Å²) in [6.07, 6.45) is -6.13. The zero-order valence-corrected chi connectivity index (χ0v) is 18.8. The Morgan fingerprint density at radius 1 is 1.30 bits per heavy atom. The minimum atomic E-state index is -4.85. The molecule has 0 aliphatic carbocycles. The highest BCUT2D eigenvalue weighted by Crippen LogP contribution is 2.29. The van der Waals surface area contributed by atoms with Crippen LogP contribution in [0.5, 0.6) is 0 Å². The highest BCUT2D eigenvalue weighted by atomic mass is 32.1. The Bertz CT molecular complexity index is 855. The molecule has 2 saturated heterocycles. The molecule has 1 unspecified atom stereocenters. The molecule has 2 fully saturated rings. The minimum absolute atomic E-state index is 0.150. The van der Waals surface area contributed by atoms with Crippen molar-refractivity contribution in [3.8, 4) is 0 Å². The molecule has 1 atom stereocenters. The molecule has 1 N–H and O–H groups in total. The van der Waals surface area contributed by atoms with E-state index in [1.54, 1.807) is 13.0 Å². The number of carbonyl (C=O) groups is 3. The molecule has 2 amide bonds. The number of cyclic esters (lactones) is 2. The second-order valence-corrected chi connectivity index (χ2v) is 6.61. The number of ether oxygens (including phenoxy) is 3. The summed E-state index contributed by atoms with van der Waals surface area (Å²) < 4.78 is 60.2. The maximum atomic E-state index is 14.1. The number of methoxy groups -OCH3 is 1. The molecule has 0 spiro atoms. The lowest BCUT2D eigenvalue weighted by Crippen LogP contribution is -2.26. The summed E-state index contributed by atoms with van der Waals surface area (Å²) >= 11 is 4.42. The number of carbonyl (C=O) groups excluding carboxylic acids is 3. The van der Waals surface area contributed by atoms with Crippen LogP contribution in [0.1, 0.15) is 13.8 Å². The van der Waals surface area contributed by atoms with Crippen LogP contribution >= 0.6 is 12.2 Å². The van der Waals surface area contributed by atoms with Crippen LogP contribution in [0.3, 0.4) is 0 Å². The number of anilines is 2. The van der Waals surface area contributed by atoms with E-state index in [2.05, 4.69) is 22.3 Å². The van der Waals surface area contributed by atoms with Crippen molar-refractivity contribution in [2.45, 2.75) is 26.1 Å². The van der Waals surface area contributed by atoms with Gasteiger partial charge in [0.2, 0.25) is 0 Å². The molecule has 2 aliphatic heterocycles. The zero-order valence-electron chi connectivity index (χ0n) is 18.0. The molecule has 1 aromatic carbocycles. The Balaban J connectivity index is 0.000000349. The topological polar surface area (TPSA) is 97.4 Å². The molecule has 0 saturated carbocycles. The number of thiocarbonyl (C=S) groups is 1. The molecular formula is C19H23F4N3O6S. The number of nitrogens with one attached hydrogen (secondary N) is 1. The van der Waals surface area contributed by atoms with Gasteiger partial charge in [-0.1, -0.05) is 12.2 Å². The highest BCUT2D eigenvalue weighted by molar-refractivity contribution is 7.78. The van der Waals surface area contributed by atoms with Gasteiger partial charge in [0.05, 0.1) is 37.1 Å². The molecule has 14 heteroatoms. The van der Waals surface area contributed by atoms with Crippen molar-refractivity contribution in [1.29, 1.82) is 0 Å². The summed E-state index contributed by atoms with van der Waals surface area (Å²) in [5, 5.41) is 2.80. The van der Waals surface area contributed by atoms with Crippen LogP contribution in [0.15, 0.2) is 18.2 Å². The fourth-order valence-electron chi connectivity index (χ4n) is 2.51. The first-order chi connectivity index (χ1) is 15.5. The lowest BCUT2D eigenvalue weighted by atomic mass is 10.2. The molecule has 2 aliphatic rings. The second kappa shape index (κ2) is 12.8. The number of benzene rings is 1. The predicted octanol–water partition coefficient (Wildman–Crippen LogP) is 3.40. The van der Waals surface area contributed by atoms with Crippen molar-refractivity contribution in [2.75, 3.05) is 43.2 Å².